The summed E-state index contributed by atoms with van der Waals surface area (Å²) in [6.07, 6.45) is 1.76. The molecule has 1 fully saturated rings. The zero-order valence-electron chi connectivity index (χ0n) is 19.1. The van der Waals surface area contributed by atoms with Crippen molar-refractivity contribution < 1.29 is 9.53 Å². The van der Waals surface area contributed by atoms with Crippen LogP contribution >= 0.6 is 0 Å². The number of ether oxygens (including phenoxy) is 1. The first-order chi connectivity index (χ1) is 14.1. The van der Waals surface area contributed by atoms with Crippen LogP contribution < -0.4 is 15.4 Å². The predicted molar refractivity (Wildman–Crippen MR) is 123 cm³/mol. The largest absolute Gasteiger partial charge is 0.496 e. The molecule has 0 unspecified atom stereocenters. The fourth-order valence-electron chi connectivity index (χ4n) is 4.79. The van der Waals surface area contributed by atoms with Gasteiger partial charge in [-0.1, -0.05) is 30.3 Å². The van der Waals surface area contributed by atoms with Crippen LogP contribution in [0.5, 0.6) is 5.75 Å². The lowest BCUT2D eigenvalue weighted by Gasteiger charge is -2.49. The van der Waals surface area contributed by atoms with Crippen molar-refractivity contribution in [2.24, 2.45) is 0 Å². The summed E-state index contributed by atoms with van der Waals surface area (Å²) >= 11 is 0. The normalized spacial score (nSPS) is 17.9. The Morgan fingerprint density at radius 1 is 1.10 bits per heavy atom. The Morgan fingerprint density at radius 2 is 1.77 bits per heavy atom. The molecule has 1 heterocycles. The summed E-state index contributed by atoms with van der Waals surface area (Å²) in [5, 5.41) is 6.83. The van der Waals surface area contributed by atoms with Crippen LogP contribution in [-0.2, 0) is 6.54 Å². The Balaban J connectivity index is 1.92. The molecule has 2 amide bonds. The minimum atomic E-state index is -0.0787. The fraction of sp³-hybridized carbons (Fsp3) is 0.480. The number of hydrogen-bond donors (Lipinski definition) is 2. The van der Waals surface area contributed by atoms with E-state index in [1.807, 2.05) is 60.4 Å². The maximum absolute atomic E-state index is 13.5. The van der Waals surface area contributed by atoms with Gasteiger partial charge in [0.1, 0.15) is 5.75 Å². The Morgan fingerprint density at radius 3 is 2.40 bits per heavy atom. The highest BCUT2D eigenvalue weighted by molar-refractivity contribution is 5.89. The van der Waals surface area contributed by atoms with Crippen LogP contribution in [0.25, 0.3) is 0 Å². The number of aryl methyl sites for hydroxylation is 1. The van der Waals surface area contributed by atoms with Gasteiger partial charge in [0.05, 0.1) is 13.7 Å². The van der Waals surface area contributed by atoms with Gasteiger partial charge in [-0.3, -0.25) is 0 Å². The topological polar surface area (TPSA) is 53.6 Å². The number of amides is 2. The number of carbonyl (C=O) groups excluding carboxylic acids is 1. The van der Waals surface area contributed by atoms with Crippen molar-refractivity contribution in [3.63, 3.8) is 0 Å². The van der Waals surface area contributed by atoms with E-state index >= 15 is 0 Å². The van der Waals surface area contributed by atoms with E-state index in [9.17, 15) is 4.79 Å². The van der Waals surface area contributed by atoms with Gasteiger partial charge in [-0.25, -0.2) is 4.79 Å². The van der Waals surface area contributed by atoms with Gasteiger partial charge in [-0.2, -0.15) is 0 Å². The molecule has 1 aliphatic heterocycles. The summed E-state index contributed by atoms with van der Waals surface area (Å²) in [5.41, 5.74) is 2.82. The van der Waals surface area contributed by atoms with Gasteiger partial charge in [-0.05, 0) is 71.2 Å². The third-order valence-electron chi connectivity index (χ3n) is 5.67. The van der Waals surface area contributed by atoms with E-state index in [1.54, 1.807) is 7.11 Å². The summed E-state index contributed by atoms with van der Waals surface area (Å²) in [5.74, 6) is 0.804. The highest BCUT2D eigenvalue weighted by atomic mass is 16.5. The van der Waals surface area contributed by atoms with Crippen LogP contribution in [0.2, 0.25) is 0 Å². The van der Waals surface area contributed by atoms with E-state index in [1.165, 1.54) is 0 Å². The van der Waals surface area contributed by atoms with Crippen LogP contribution in [0.1, 0.15) is 51.7 Å². The van der Waals surface area contributed by atoms with E-state index in [0.717, 1.165) is 35.4 Å². The van der Waals surface area contributed by atoms with Crippen LogP contribution in [0.4, 0.5) is 10.5 Å². The van der Waals surface area contributed by atoms with E-state index in [0.29, 0.717) is 6.54 Å². The Labute approximate surface area is 180 Å². The zero-order chi connectivity index (χ0) is 21.9. The molecule has 1 saturated heterocycles. The molecule has 1 aliphatic rings. The number of carbonyl (C=O) groups is 1. The average molecular weight is 410 g/mol. The minimum absolute atomic E-state index is 0.0605. The maximum atomic E-state index is 13.5. The highest BCUT2D eigenvalue weighted by Gasteiger charge is 2.41. The van der Waals surface area contributed by atoms with Crippen LogP contribution in [0.3, 0.4) is 0 Å². The van der Waals surface area contributed by atoms with E-state index in [2.05, 4.69) is 38.3 Å². The average Bonchev–Trinajstić information content (AvgIpc) is 2.63. The maximum Gasteiger partial charge on any atom is 0.322 e. The molecule has 30 heavy (non-hydrogen) atoms. The molecule has 0 radical (unpaired) electrons. The molecule has 0 spiro atoms. The van der Waals surface area contributed by atoms with Crippen molar-refractivity contribution in [3.05, 3.63) is 59.7 Å². The Bertz CT molecular complexity index is 875. The summed E-state index contributed by atoms with van der Waals surface area (Å²) in [4.78, 5) is 15.5. The molecular formula is C25H35N3O2. The molecule has 2 aromatic rings. The van der Waals surface area contributed by atoms with E-state index in [4.69, 9.17) is 4.74 Å². The third kappa shape index (κ3) is 5.54. The fourth-order valence-corrected chi connectivity index (χ4v) is 4.79. The lowest BCUT2D eigenvalue weighted by Crippen LogP contribution is -2.63. The molecule has 0 aromatic heterocycles. The van der Waals surface area contributed by atoms with Crippen LogP contribution in [-0.4, -0.2) is 35.2 Å². The number of rotatable bonds is 5. The molecule has 5 nitrogen and oxygen atoms in total. The summed E-state index contributed by atoms with van der Waals surface area (Å²) in [6.45, 7) is 11.4. The Hall–Kier alpha value is -2.53. The standard InChI is InChI=1S/C25H35N3O2/c1-18-10-9-12-20(14-18)26-23(29)28(17-19-11-7-8-13-22(19)30-6)21-15-24(2,3)27-25(4,5)16-21/h7-14,21,27H,15-17H2,1-6H3,(H,26,29). The number of para-hydroxylation sites is 1. The highest BCUT2D eigenvalue weighted by Crippen LogP contribution is 2.33. The van der Waals surface area contributed by atoms with Crippen molar-refractivity contribution >= 4 is 11.7 Å². The number of nitrogens with one attached hydrogen (secondary N) is 2. The first-order valence-corrected chi connectivity index (χ1v) is 10.6. The molecule has 162 valence electrons. The smallest absolute Gasteiger partial charge is 0.322 e. The molecule has 0 atom stereocenters. The lowest BCUT2D eigenvalue weighted by molar-refractivity contribution is 0.0832. The van der Waals surface area contributed by atoms with Gasteiger partial charge in [0.15, 0.2) is 0 Å². The van der Waals surface area contributed by atoms with Gasteiger partial charge in [-0.15, -0.1) is 0 Å². The van der Waals surface area contributed by atoms with Gasteiger partial charge in [0.2, 0.25) is 0 Å². The van der Waals surface area contributed by atoms with Gasteiger partial charge in [0, 0.05) is 28.4 Å². The zero-order valence-corrected chi connectivity index (χ0v) is 19.1. The van der Waals surface area contributed by atoms with E-state index < -0.39 is 0 Å². The van der Waals surface area contributed by atoms with Crippen molar-refractivity contribution in [3.8, 4) is 5.75 Å². The molecule has 0 saturated carbocycles. The van der Waals surface area contributed by atoms with Gasteiger partial charge >= 0.3 is 6.03 Å². The number of benzene rings is 2. The van der Waals surface area contributed by atoms with Crippen molar-refractivity contribution in [1.29, 1.82) is 0 Å². The molecule has 0 bridgehead atoms. The monoisotopic (exact) mass is 409 g/mol. The van der Waals surface area contributed by atoms with Crippen molar-refractivity contribution in [2.75, 3.05) is 12.4 Å². The number of urea groups is 1. The molecule has 5 heteroatoms. The second-order valence-corrected chi connectivity index (χ2v) is 9.69. The number of piperidine rings is 1. The predicted octanol–water partition coefficient (Wildman–Crippen LogP) is 5.35. The van der Waals surface area contributed by atoms with E-state index in [-0.39, 0.29) is 23.2 Å². The molecular weight excluding hydrogens is 374 g/mol. The second kappa shape index (κ2) is 8.68. The molecule has 0 aliphatic carbocycles. The third-order valence-corrected chi connectivity index (χ3v) is 5.67. The number of anilines is 1. The van der Waals surface area contributed by atoms with Crippen LogP contribution in [0, 0.1) is 6.92 Å². The molecule has 2 N–H and O–H groups in total. The second-order valence-electron chi connectivity index (χ2n) is 9.69. The molecule has 3 rings (SSSR count). The summed E-state index contributed by atoms with van der Waals surface area (Å²) in [6, 6.07) is 15.9. The quantitative estimate of drug-likeness (QED) is 0.700. The first kappa shape index (κ1) is 22.2. The minimum Gasteiger partial charge on any atom is -0.496 e. The lowest BCUT2D eigenvalue weighted by atomic mass is 9.79. The number of methoxy groups -OCH3 is 1. The van der Waals surface area contributed by atoms with Crippen LogP contribution in [0.15, 0.2) is 48.5 Å². The van der Waals surface area contributed by atoms with Gasteiger partial charge in [0.25, 0.3) is 0 Å². The SMILES string of the molecule is COc1ccccc1CN(C(=O)Nc1cccc(C)c1)C1CC(C)(C)NC(C)(C)C1. The molecule has 2 aromatic carbocycles. The first-order valence-electron chi connectivity index (χ1n) is 10.6. The van der Waals surface area contributed by atoms with Gasteiger partial charge < -0.3 is 20.3 Å². The number of hydrogen-bond acceptors (Lipinski definition) is 3. The Kier molecular flexibility index (Phi) is 6.41. The number of nitrogens with zero attached hydrogens (tertiary/aromatic N) is 1. The van der Waals surface area contributed by atoms with Crippen molar-refractivity contribution in [1.82, 2.24) is 10.2 Å². The summed E-state index contributed by atoms with van der Waals surface area (Å²) in [7, 11) is 1.67. The summed E-state index contributed by atoms with van der Waals surface area (Å²) < 4.78 is 5.56. The van der Waals surface area contributed by atoms with Crippen molar-refractivity contribution in [2.45, 2.75) is 71.1 Å².